The first-order valence-corrected chi connectivity index (χ1v) is 7.93. The average Bonchev–Trinajstić information content (AvgIpc) is 2.93. The summed E-state index contributed by atoms with van der Waals surface area (Å²) in [5.41, 5.74) is 8.16. The first kappa shape index (κ1) is 13.8. The van der Waals surface area contributed by atoms with Crippen molar-refractivity contribution in [2.24, 2.45) is 0 Å². The molecule has 102 valence electrons. The van der Waals surface area contributed by atoms with Crippen LogP contribution < -0.4 is 5.73 Å². The Morgan fingerprint density at radius 2 is 1.90 bits per heavy atom. The molecule has 0 atom stereocenters. The predicted molar refractivity (Wildman–Crippen MR) is 85.0 cm³/mol. The Morgan fingerprint density at radius 1 is 1.20 bits per heavy atom. The van der Waals surface area contributed by atoms with Crippen LogP contribution >= 0.6 is 43.2 Å². The molecule has 0 radical (unpaired) electrons. The number of aromatic nitrogens is 1. The van der Waals surface area contributed by atoms with Crippen LogP contribution in [0.5, 0.6) is 0 Å². The summed E-state index contributed by atoms with van der Waals surface area (Å²) >= 11 is 8.43. The Hall–Kier alpha value is -1.18. The van der Waals surface area contributed by atoms with Gasteiger partial charge < -0.3 is 10.3 Å². The van der Waals surface area contributed by atoms with Gasteiger partial charge >= 0.3 is 0 Å². The van der Waals surface area contributed by atoms with E-state index in [1.165, 1.54) is 23.5 Å². The van der Waals surface area contributed by atoms with E-state index in [1.807, 2.05) is 6.07 Å². The normalized spacial score (nSPS) is 10.9. The van der Waals surface area contributed by atoms with Crippen molar-refractivity contribution in [1.29, 1.82) is 0 Å². The van der Waals surface area contributed by atoms with Crippen LogP contribution in [0, 0.1) is 5.82 Å². The van der Waals surface area contributed by atoms with Crippen LogP contribution in [0.1, 0.15) is 0 Å². The number of nitrogens with two attached hydrogens (primary N) is 1. The van der Waals surface area contributed by atoms with Gasteiger partial charge in [-0.1, -0.05) is 17.3 Å². The molecule has 0 aliphatic carbocycles. The van der Waals surface area contributed by atoms with Crippen molar-refractivity contribution in [3.8, 4) is 22.5 Å². The van der Waals surface area contributed by atoms with Gasteiger partial charge in [0.25, 0.3) is 0 Å². The summed E-state index contributed by atoms with van der Waals surface area (Å²) in [7, 11) is 0. The topological polar surface area (TPSA) is 52.0 Å². The van der Waals surface area contributed by atoms with E-state index in [4.69, 9.17) is 10.3 Å². The van der Waals surface area contributed by atoms with E-state index in [2.05, 4.69) is 37.0 Å². The molecule has 3 nitrogen and oxygen atoms in total. The maximum atomic E-state index is 13.0. The highest BCUT2D eigenvalue weighted by molar-refractivity contribution is 9.12. The van der Waals surface area contributed by atoms with E-state index >= 15 is 0 Å². The number of benzene rings is 1. The molecular formula is C13H7Br2FN2OS. The minimum absolute atomic E-state index is 0.279. The van der Waals surface area contributed by atoms with Crippen molar-refractivity contribution < 1.29 is 8.91 Å². The lowest BCUT2D eigenvalue weighted by atomic mass is 10.0. The first-order chi connectivity index (χ1) is 9.56. The van der Waals surface area contributed by atoms with Gasteiger partial charge in [0.05, 0.1) is 13.1 Å². The van der Waals surface area contributed by atoms with Crippen molar-refractivity contribution in [1.82, 2.24) is 5.16 Å². The van der Waals surface area contributed by atoms with Gasteiger partial charge in [-0.2, -0.15) is 0 Å². The summed E-state index contributed by atoms with van der Waals surface area (Å²) in [6.45, 7) is 0. The number of thiophene rings is 1. The van der Waals surface area contributed by atoms with Crippen molar-refractivity contribution >= 4 is 49.0 Å². The Balaban J connectivity index is 2.19. The molecular weight excluding hydrogens is 411 g/mol. The minimum Gasteiger partial charge on any atom is -0.380 e. The highest BCUT2D eigenvalue weighted by atomic mass is 79.9. The fraction of sp³-hybridized carbons (Fsp3) is 0. The van der Waals surface area contributed by atoms with Gasteiger partial charge in [0.1, 0.15) is 5.82 Å². The Morgan fingerprint density at radius 3 is 2.50 bits per heavy atom. The fourth-order valence-electron chi connectivity index (χ4n) is 1.88. The molecule has 0 amide bonds. The van der Waals surface area contributed by atoms with Gasteiger partial charge in [0, 0.05) is 5.56 Å². The molecule has 0 unspecified atom stereocenters. The fourth-order valence-corrected chi connectivity index (χ4v) is 4.67. The zero-order chi connectivity index (χ0) is 14.3. The molecule has 0 bridgehead atoms. The van der Waals surface area contributed by atoms with Gasteiger partial charge in [-0.05, 0) is 55.6 Å². The molecule has 2 N–H and O–H groups in total. The van der Waals surface area contributed by atoms with Crippen molar-refractivity contribution in [2.75, 3.05) is 5.73 Å². The maximum absolute atomic E-state index is 13.0. The van der Waals surface area contributed by atoms with Crippen LogP contribution in [0.15, 0.2) is 42.4 Å². The minimum atomic E-state index is -0.301. The lowest BCUT2D eigenvalue weighted by molar-refractivity contribution is 0.436. The Bertz CT molecular complexity index is 767. The van der Waals surface area contributed by atoms with E-state index in [0.717, 1.165) is 18.7 Å². The Kier molecular flexibility index (Phi) is 3.66. The van der Waals surface area contributed by atoms with Crippen LogP contribution in [0.25, 0.3) is 22.5 Å². The lowest BCUT2D eigenvalue weighted by Gasteiger charge is -2.02. The van der Waals surface area contributed by atoms with Crippen molar-refractivity contribution in [3.63, 3.8) is 0 Å². The van der Waals surface area contributed by atoms with E-state index in [0.29, 0.717) is 11.3 Å². The highest BCUT2D eigenvalue weighted by Crippen LogP contribution is 2.44. The third kappa shape index (κ3) is 2.41. The molecule has 7 heteroatoms. The van der Waals surface area contributed by atoms with Crippen LogP contribution in [0.2, 0.25) is 0 Å². The predicted octanol–water partition coefficient (Wildman–Crippen LogP) is 5.32. The number of rotatable bonds is 2. The standard InChI is InChI=1S/C13H7Br2FN2OS/c14-9-5-8(12(15)20-9)11-10(13(17)18-19-11)6-1-3-7(16)4-2-6/h1-5H,(H2,17,18). The molecule has 0 aliphatic rings. The number of anilines is 1. The van der Waals surface area contributed by atoms with E-state index in [9.17, 15) is 4.39 Å². The highest BCUT2D eigenvalue weighted by Gasteiger charge is 2.21. The van der Waals surface area contributed by atoms with Gasteiger partial charge in [-0.25, -0.2) is 4.39 Å². The van der Waals surface area contributed by atoms with Crippen LogP contribution in [-0.2, 0) is 0 Å². The first-order valence-electron chi connectivity index (χ1n) is 5.52. The number of hydrogen-bond donors (Lipinski definition) is 1. The van der Waals surface area contributed by atoms with Gasteiger partial charge in [0.2, 0.25) is 0 Å². The molecule has 2 aromatic heterocycles. The smallest absolute Gasteiger partial charge is 0.178 e. The molecule has 20 heavy (non-hydrogen) atoms. The summed E-state index contributed by atoms with van der Waals surface area (Å²) in [6, 6.07) is 7.98. The van der Waals surface area contributed by atoms with Gasteiger partial charge in [-0.15, -0.1) is 11.3 Å². The molecule has 0 spiro atoms. The summed E-state index contributed by atoms with van der Waals surface area (Å²) in [4.78, 5) is 0. The number of halogens is 3. The quantitative estimate of drug-likeness (QED) is 0.614. The van der Waals surface area contributed by atoms with Crippen LogP contribution in [0.4, 0.5) is 10.2 Å². The van der Waals surface area contributed by atoms with Crippen LogP contribution in [0.3, 0.4) is 0 Å². The average molecular weight is 418 g/mol. The van der Waals surface area contributed by atoms with E-state index in [1.54, 1.807) is 12.1 Å². The third-order valence-electron chi connectivity index (χ3n) is 2.75. The molecule has 0 saturated heterocycles. The molecule has 3 aromatic rings. The summed E-state index contributed by atoms with van der Waals surface area (Å²) < 4.78 is 20.2. The second-order valence-electron chi connectivity index (χ2n) is 4.02. The van der Waals surface area contributed by atoms with Gasteiger partial charge in [-0.3, -0.25) is 0 Å². The number of nitrogen functional groups attached to an aromatic ring is 1. The Labute approximate surface area is 134 Å². The second kappa shape index (κ2) is 5.31. The third-order valence-corrected chi connectivity index (χ3v) is 5.09. The molecule has 1 aromatic carbocycles. The lowest BCUT2D eigenvalue weighted by Crippen LogP contribution is -1.89. The molecule has 0 aliphatic heterocycles. The second-order valence-corrected chi connectivity index (χ2v) is 7.77. The molecule has 3 rings (SSSR count). The molecule has 0 fully saturated rings. The monoisotopic (exact) mass is 416 g/mol. The summed E-state index contributed by atoms with van der Waals surface area (Å²) in [5, 5.41) is 3.82. The van der Waals surface area contributed by atoms with E-state index < -0.39 is 0 Å². The summed E-state index contributed by atoms with van der Waals surface area (Å²) in [6.07, 6.45) is 0. The maximum Gasteiger partial charge on any atom is 0.178 e. The number of nitrogens with zero attached hydrogens (tertiary/aromatic N) is 1. The van der Waals surface area contributed by atoms with E-state index in [-0.39, 0.29) is 11.6 Å². The SMILES string of the molecule is Nc1noc(-c2cc(Br)sc2Br)c1-c1ccc(F)cc1. The largest absolute Gasteiger partial charge is 0.380 e. The van der Waals surface area contributed by atoms with Gasteiger partial charge in [0.15, 0.2) is 11.6 Å². The molecule has 0 saturated carbocycles. The van der Waals surface area contributed by atoms with Crippen LogP contribution in [-0.4, -0.2) is 5.16 Å². The zero-order valence-electron chi connectivity index (χ0n) is 9.86. The van der Waals surface area contributed by atoms with Crippen molar-refractivity contribution in [2.45, 2.75) is 0 Å². The van der Waals surface area contributed by atoms with Crippen molar-refractivity contribution in [3.05, 3.63) is 43.7 Å². The molecule has 2 heterocycles. The summed E-state index contributed by atoms with van der Waals surface area (Å²) in [5.74, 6) is 0.536. The zero-order valence-corrected chi connectivity index (χ0v) is 13.9. The number of hydrogen-bond acceptors (Lipinski definition) is 4.